The summed E-state index contributed by atoms with van der Waals surface area (Å²) in [6.07, 6.45) is 2.31. The fraction of sp³-hybridized carbons (Fsp3) is 0.278. The van der Waals surface area contributed by atoms with E-state index < -0.39 is 5.82 Å². The Hall–Kier alpha value is -2.67. The summed E-state index contributed by atoms with van der Waals surface area (Å²) in [4.78, 5) is 26.1. The largest absolute Gasteiger partial charge is 0.496 e. The molecule has 0 saturated heterocycles. The van der Waals surface area contributed by atoms with Gasteiger partial charge >= 0.3 is 0 Å². The Labute approximate surface area is 154 Å². The zero-order chi connectivity index (χ0) is 18.4. The van der Waals surface area contributed by atoms with Crippen LogP contribution in [0.25, 0.3) is 11.0 Å². The monoisotopic (exact) mass is 374 g/mol. The van der Waals surface area contributed by atoms with Crippen molar-refractivity contribution in [3.63, 3.8) is 0 Å². The number of aromatic nitrogens is 3. The van der Waals surface area contributed by atoms with Crippen LogP contribution >= 0.6 is 11.6 Å². The number of rotatable bonds is 2. The van der Waals surface area contributed by atoms with Crippen molar-refractivity contribution in [1.29, 1.82) is 0 Å². The third kappa shape index (κ3) is 2.50. The molecule has 26 heavy (non-hydrogen) atoms. The summed E-state index contributed by atoms with van der Waals surface area (Å²) in [5, 5.41) is 0.316. The van der Waals surface area contributed by atoms with Gasteiger partial charge in [-0.3, -0.25) is 9.78 Å². The molecule has 3 aromatic rings. The van der Waals surface area contributed by atoms with Gasteiger partial charge in [0.25, 0.3) is 5.91 Å². The molecule has 0 radical (unpaired) electrons. The standard InChI is InChI=1S/C18H16ClFN4O2/c1-9-14-12(21-7-5-13(14)26-2)6-8-24(9)18(25)17-22-15-10(19)3-4-11(20)16(15)23-17/h3-5,7,9H,6,8H2,1-2H3,(H,22,23)/t9-/m0/s1. The van der Waals surface area contributed by atoms with Gasteiger partial charge < -0.3 is 14.6 Å². The number of carbonyl (C=O) groups excluding carboxylic acids is 1. The van der Waals surface area contributed by atoms with E-state index in [2.05, 4.69) is 15.0 Å². The van der Waals surface area contributed by atoms with Crippen LogP contribution in [0.3, 0.4) is 0 Å². The van der Waals surface area contributed by atoms with Gasteiger partial charge in [-0.05, 0) is 25.1 Å². The molecule has 0 fully saturated rings. The number of benzene rings is 1. The molecule has 8 heteroatoms. The van der Waals surface area contributed by atoms with Crippen LogP contribution in [0.15, 0.2) is 24.4 Å². The number of carbonyl (C=O) groups is 1. The lowest BCUT2D eigenvalue weighted by Crippen LogP contribution is -2.39. The van der Waals surface area contributed by atoms with Gasteiger partial charge in [-0.2, -0.15) is 0 Å². The number of methoxy groups -OCH3 is 1. The number of hydrogen-bond acceptors (Lipinski definition) is 4. The van der Waals surface area contributed by atoms with Crippen molar-refractivity contribution in [3.05, 3.63) is 52.3 Å². The highest BCUT2D eigenvalue weighted by atomic mass is 35.5. The zero-order valence-electron chi connectivity index (χ0n) is 14.2. The molecule has 0 bridgehead atoms. The Morgan fingerprint density at radius 1 is 1.42 bits per heavy atom. The minimum Gasteiger partial charge on any atom is -0.496 e. The maximum atomic E-state index is 14.0. The molecule has 3 heterocycles. The van der Waals surface area contributed by atoms with Crippen LogP contribution in [0.4, 0.5) is 4.39 Å². The number of ether oxygens (including phenoxy) is 1. The first-order chi connectivity index (χ1) is 12.5. The van der Waals surface area contributed by atoms with E-state index in [0.717, 1.165) is 11.3 Å². The lowest BCUT2D eigenvalue weighted by Gasteiger charge is -2.34. The minimum atomic E-state index is -0.525. The molecule has 1 amide bonds. The number of aromatic amines is 1. The fourth-order valence-corrected chi connectivity index (χ4v) is 3.64. The summed E-state index contributed by atoms with van der Waals surface area (Å²) in [6.45, 7) is 2.40. The van der Waals surface area contributed by atoms with E-state index >= 15 is 0 Å². The van der Waals surface area contributed by atoms with E-state index in [1.54, 1.807) is 24.3 Å². The van der Waals surface area contributed by atoms with E-state index in [1.807, 2.05) is 6.92 Å². The van der Waals surface area contributed by atoms with Crippen LogP contribution in [-0.4, -0.2) is 39.4 Å². The van der Waals surface area contributed by atoms with Gasteiger partial charge in [0.15, 0.2) is 11.6 Å². The highest BCUT2D eigenvalue weighted by molar-refractivity contribution is 6.35. The van der Waals surface area contributed by atoms with Crippen LogP contribution in [0.1, 0.15) is 34.8 Å². The molecule has 1 atom stereocenters. The average Bonchev–Trinajstić information content (AvgIpc) is 3.11. The lowest BCUT2D eigenvalue weighted by molar-refractivity contribution is 0.0662. The molecule has 1 aliphatic heterocycles. The van der Waals surface area contributed by atoms with Crippen molar-refractivity contribution in [2.24, 2.45) is 0 Å². The van der Waals surface area contributed by atoms with Gasteiger partial charge in [0.05, 0.1) is 29.4 Å². The first-order valence-corrected chi connectivity index (χ1v) is 8.55. The Balaban J connectivity index is 1.73. The number of nitrogens with one attached hydrogen (secondary N) is 1. The molecule has 6 nitrogen and oxygen atoms in total. The van der Waals surface area contributed by atoms with Gasteiger partial charge in [-0.1, -0.05) is 11.6 Å². The summed E-state index contributed by atoms with van der Waals surface area (Å²) in [5.41, 5.74) is 2.18. The lowest BCUT2D eigenvalue weighted by atomic mass is 9.97. The molecule has 2 aromatic heterocycles. The number of amides is 1. The van der Waals surface area contributed by atoms with Crippen molar-refractivity contribution in [2.45, 2.75) is 19.4 Å². The third-order valence-electron chi connectivity index (χ3n) is 4.74. The van der Waals surface area contributed by atoms with E-state index in [0.29, 0.717) is 29.3 Å². The van der Waals surface area contributed by atoms with E-state index in [9.17, 15) is 9.18 Å². The molecule has 4 rings (SSSR count). The molecule has 0 saturated carbocycles. The zero-order valence-corrected chi connectivity index (χ0v) is 15.0. The van der Waals surface area contributed by atoms with Gasteiger partial charge in [0.1, 0.15) is 11.3 Å². The molecular formula is C18H16ClFN4O2. The second-order valence-electron chi connectivity index (χ2n) is 6.14. The van der Waals surface area contributed by atoms with E-state index in [-0.39, 0.29) is 23.3 Å². The molecule has 1 N–H and O–H groups in total. The Morgan fingerprint density at radius 3 is 2.96 bits per heavy atom. The second-order valence-corrected chi connectivity index (χ2v) is 6.54. The third-order valence-corrected chi connectivity index (χ3v) is 5.05. The van der Waals surface area contributed by atoms with Crippen molar-refractivity contribution in [2.75, 3.05) is 13.7 Å². The number of imidazole rings is 1. The molecule has 0 spiro atoms. The maximum absolute atomic E-state index is 14.0. The summed E-state index contributed by atoms with van der Waals surface area (Å²) in [5.74, 6) is -0.0906. The van der Waals surface area contributed by atoms with Crippen molar-refractivity contribution in [1.82, 2.24) is 19.9 Å². The predicted molar refractivity (Wildman–Crippen MR) is 95.0 cm³/mol. The van der Waals surface area contributed by atoms with E-state index in [4.69, 9.17) is 16.3 Å². The van der Waals surface area contributed by atoms with Crippen LogP contribution < -0.4 is 4.74 Å². The number of nitrogens with zero attached hydrogens (tertiary/aromatic N) is 3. The van der Waals surface area contributed by atoms with Crippen molar-refractivity contribution in [3.8, 4) is 5.75 Å². The SMILES string of the molecule is COc1ccnc2c1[C@H](C)N(C(=O)c1nc3c(F)ccc(Cl)c3[nH]1)CC2. The second kappa shape index (κ2) is 6.25. The normalized spacial score (nSPS) is 16.6. The van der Waals surface area contributed by atoms with Crippen LogP contribution in [-0.2, 0) is 6.42 Å². The Morgan fingerprint density at radius 2 is 2.23 bits per heavy atom. The van der Waals surface area contributed by atoms with Crippen LogP contribution in [0.5, 0.6) is 5.75 Å². The maximum Gasteiger partial charge on any atom is 0.290 e. The number of H-pyrrole nitrogens is 1. The van der Waals surface area contributed by atoms with E-state index in [1.165, 1.54) is 12.1 Å². The Bertz CT molecular complexity index is 967. The number of pyridine rings is 1. The molecule has 1 aromatic carbocycles. The first kappa shape index (κ1) is 16.8. The van der Waals surface area contributed by atoms with Gasteiger partial charge in [0.2, 0.25) is 0 Å². The van der Waals surface area contributed by atoms with Gasteiger partial charge in [-0.15, -0.1) is 0 Å². The molecule has 1 aliphatic rings. The summed E-state index contributed by atoms with van der Waals surface area (Å²) < 4.78 is 19.4. The summed E-state index contributed by atoms with van der Waals surface area (Å²) in [6, 6.07) is 4.20. The van der Waals surface area contributed by atoms with Gasteiger partial charge in [-0.25, -0.2) is 9.37 Å². The van der Waals surface area contributed by atoms with Crippen molar-refractivity contribution >= 4 is 28.5 Å². The van der Waals surface area contributed by atoms with Crippen LogP contribution in [0.2, 0.25) is 5.02 Å². The molecular weight excluding hydrogens is 359 g/mol. The highest BCUT2D eigenvalue weighted by Crippen LogP contribution is 2.36. The fourth-order valence-electron chi connectivity index (χ4n) is 3.44. The molecule has 0 aliphatic carbocycles. The van der Waals surface area contributed by atoms with Gasteiger partial charge in [0, 0.05) is 24.7 Å². The van der Waals surface area contributed by atoms with Crippen LogP contribution in [0, 0.1) is 5.82 Å². The predicted octanol–water partition coefficient (Wildman–Crippen LogP) is 3.52. The summed E-state index contributed by atoms with van der Waals surface area (Å²) >= 11 is 6.08. The number of halogens is 2. The highest BCUT2D eigenvalue weighted by Gasteiger charge is 2.33. The number of fused-ring (bicyclic) bond motifs is 2. The summed E-state index contributed by atoms with van der Waals surface area (Å²) in [7, 11) is 1.59. The average molecular weight is 375 g/mol. The quantitative estimate of drug-likeness (QED) is 0.745. The minimum absolute atomic E-state index is 0.0603. The topological polar surface area (TPSA) is 71.1 Å². The molecule has 0 unspecified atom stereocenters. The van der Waals surface area contributed by atoms with Crippen molar-refractivity contribution < 1.29 is 13.9 Å². The number of hydrogen-bond donors (Lipinski definition) is 1. The molecule has 134 valence electrons. The first-order valence-electron chi connectivity index (χ1n) is 8.17. The Kier molecular flexibility index (Phi) is 4.03. The smallest absolute Gasteiger partial charge is 0.290 e.